The van der Waals surface area contributed by atoms with Gasteiger partial charge in [-0.1, -0.05) is 28.8 Å². The zero-order chi connectivity index (χ0) is 17.8. The van der Waals surface area contributed by atoms with Crippen LogP contribution in [0, 0.1) is 10.1 Å². The summed E-state index contributed by atoms with van der Waals surface area (Å²) in [5.41, 5.74) is 1.65. The Morgan fingerprint density at radius 2 is 2.15 bits per heavy atom. The number of nitro groups is 1. The molecule has 2 aromatic carbocycles. The molecule has 8 nitrogen and oxygen atoms in total. The molecule has 0 spiro atoms. The zero-order valence-electron chi connectivity index (χ0n) is 13.0. The second kappa shape index (κ2) is 5.48. The van der Waals surface area contributed by atoms with Crippen molar-refractivity contribution in [3.63, 3.8) is 0 Å². The summed E-state index contributed by atoms with van der Waals surface area (Å²) in [6, 6.07) is 11.9. The summed E-state index contributed by atoms with van der Waals surface area (Å²) < 4.78 is 2.69. The molecule has 1 atom stereocenters. The third-order valence-electron chi connectivity index (χ3n) is 4.30. The van der Waals surface area contributed by atoms with Crippen molar-refractivity contribution in [3.05, 3.63) is 68.0 Å². The van der Waals surface area contributed by atoms with Gasteiger partial charge in [0, 0.05) is 27.2 Å². The predicted molar refractivity (Wildman–Crippen MR) is 98.3 cm³/mol. The second-order valence-corrected chi connectivity index (χ2v) is 7.33. The molecule has 0 saturated heterocycles. The van der Waals surface area contributed by atoms with E-state index in [9.17, 15) is 10.1 Å². The second-order valence-electron chi connectivity index (χ2n) is 5.81. The SMILES string of the molecule is O=[N+]([O-])c1cccc(C2c3sc4ccc(Cl)cc4c3Nc3nnnn32)c1. The van der Waals surface area contributed by atoms with Crippen molar-refractivity contribution >= 4 is 50.3 Å². The molecule has 10 heteroatoms. The van der Waals surface area contributed by atoms with Gasteiger partial charge in [0.2, 0.25) is 5.95 Å². The molecule has 0 saturated carbocycles. The van der Waals surface area contributed by atoms with E-state index in [0.717, 1.165) is 26.2 Å². The maximum atomic E-state index is 11.2. The van der Waals surface area contributed by atoms with Gasteiger partial charge in [0.15, 0.2) is 0 Å². The average molecular weight is 385 g/mol. The molecular weight excluding hydrogens is 376 g/mol. The first-order valence-corrected chi connectivity index (χ1v) is 8.82. The highest BCUT2D eigenvalue weighted by molar-refractivity contribution is 7.20. The van der Waals surface area contributed by atoms with Crippen molar-refractivity contribution in [3.8, 4) is 0 Å². The van der Waals surface area contributed by atoms with Gasteiger partial charge >= 0.3 is 0 Å². The number of non-ortho nitro benzene ring substituents is 1. The number of halogens is 1. The standard InChI is InChI=1S/C16H9ClN6O2S/c17-9-4-5-12-11(7-9)13-15(26-12)14(22-16(18-13)19-20-21-22)8-2-1-3-10(6-8)23(24)25/h1-7,14H,(H,18,19,21). The van der Waals surface area contributed by atoms with Crippen LogP contribution >= 0.6 is 22.9 Å². The number of rotatable bonds is 2. The normalized spacial score (nSPS) is 15.3. The number of benzene rings is 2. The number of nitrogens with zero attached hydrogens (tertiary/aromatic N) is 5. The lowest BCUT2D eigenvalue weighted by molar-refractivity contribution is -0.384. The van der Waals surface area contributed by atoms with Crippen LogP contribution in [0.3, 0.4) is 0 Å². The van der Waals surface area contributed by atoms with Gasteiger partial charge in [-0.3, -0.25) is 10.1 Å². The van der Waals surface area contributed by atoms with Crippen molar-refractivity contribution in [1.82, 2.24) is 20.2 Å². The third kappa shape index (κ3) is 2.18. The lowest BCUT2D eigenvalue weighted by atomic mass is 10.0. The molecule has 0 bridgehead atoms. The zero-order valence-corrected chi connectivity index (χ0v) is 14.5. The number of tetrazole rings is 1. The number of aromatic nitrogens is 4. The molecule has 2 aromatic heterocycles. The maximum Gasteiger partial charge on any atom is 0.269 e. The number of nitro benzene ring substituents is 1. The van der Waals surface area contributed by atoms with Crippen molar-refractivity contribution < 1.29 is 4.92 Å². The van der Waals surface area contributed by atoms with Crippen LogP contribution in [0.5, 0.6) is 0 Å². The van der Waals surface area contributed by atoms with Gasteiger partial charge in [-0.2, -0.15) is 4.68 Å². The highest BCUT2D eigenvalue weighted by atomic mass is 35.5. The molecule has 0 fully saturated rings. The fourth-order valence-corrected chi connectivity index (χ4v) is 4.61. The first-order chi connectivity index (χ1) is 12.6. The largest absolute Gasteiger partial charge is 0.321 e. The summed E-state index contributed by atoms with van der Waals surface area (Å²) in [5.74, 6) is 0.480. The lowest BCUT2D eigenvalue weighted by Crippen LogP contribution is -2.20. The predicted octanol–water partition coefficient (Wildman–Crippen LogP) is 4.14. The monoisotopic (exact) mass is 384 g/mol. The van der Waals surface area contributed by atoms with E-state index in [1.165, 1.54) is 6.07 Å². The fourth-order valence-electron chi connectivity index (χ4n) is 3.18. The van der Waals surface area contributed by atoms with Crippen LogP contribution in [0.4, 0.5) is 17.3 Å². The van der Waals surface area contributed by atoms with Crippen LogP contribution in [0.1, 0.15) is 16.5 Å². The van der Waals surface area contributed by atoms with Crippen LogP contribution in [0.25, 0.3) is 10.1 Å². The Balaban J connectivity index is 1.78. The number of hydrogen-bond donors (Lipinski definition) is 1. The van der Waals surface area contributed by atoms with Gasteiger partial charge in [0.05, 0.1) is 15.5 Å². The number of hydrogen-bond acceptors (Lipinski definition) is 7. The summed E-state index contributed by atoms with van der Waals surface area (Å²) in [4.78, 5) is 11.8. The Morgan fingerprint density at radius 3 is 3.00 bits per heavy atom. The topological polar surface area (TPSA) is 98.8 Å². The van der Waals surface area contributed by atoms with E-state index >= 15 is 0 Å². The average Bonchev–Trinajstić information content (AvgIpc) is 3.24. The number of fused-ring (bicyclic) bond motifs is 4. The molecule has 26 heavy (non-hydrogen) atoms. The Kier molecular flexibility index (Phi) is 3.21. The summed E-state index contributed by atoms with van der Waals surface area (Å²) in [5, 5.41) is 27.9. The van der Waals surface area contributed by atoms with Crippen LogP contribution in [0.2, 0.25) is 5.02 Å². The third-order valence-corrected chi connectivity index (χ3v) is 5.75. The molecule has 4 aromatic rings. The van der Waals surface area contributed by atoms with E-state index in [4.69, 9.17) is 11.6 Å². The lowest BCUT2D eigenvalue weighted by Gasteiger charge is -2.24. The van der Waals surface area contributed by atoms with E-state index in [1.54, 1.807) is 28.2 Å². The van der Waals surface area contributed by atoms with E-state index < -0.39 is 4.92 Å². The van der Waals surface area contributed by atoms with Crippen molar-refractivity contribution in [2.45, 2.75) is 6.04 Å². The first-order valence-electron chi connectivity index (χ1n) is 7.63. The quantitative estimate of drug-likeness (QED) is 0.362. The van der Waals surface area contributed by atoms with Crippen molar-refractivity contribution in [2.24, 2.45) is 0 Å². The summed E-state index contributed by atoms with van der Waals surface area (Å²) >= 11 is 7.75. The molecular formula is C16H9ClN6O2S. The van der Waals surface area contributed by atoms with E-state index in [2.05, 4.69) is 20.8 Å². The summed E-state index contributed by atoms with van der Waals surface area (Å²) in [6.07, 6.45) is 0. The van der Waals surface area contributed by atoms with E-state index in [-0.39, 0.29) is 11.7 Å². The maximum absolute atomic E-state index is 11.2. The highest BCUT2D eigenvalue weighted by Gasteiger charge is 2.33. The highest BCUT2D eigenvalue weighted by Crippen LogP contribution is 2.48. The number of nitrogens with one attached hydrogen (secondary N) is 1. The first kappa shape index (κ1) is 15.2. The van der Waals surface area contributed by atoms with Crippen LogP contribution < -0.4 is 5.32 Å². The number of anilines is 2. The minimum Gasteiger partial charge on any atom is -0.321 e. The van der Waals surface area contributed by atoms with E-state index in [1.807, 2.05) is 24.3 Å². The fraction of sp³-hybridized carbons (Fsp3) is 0.0625. The molecule has 0 aliphatic carbocycles. The van der Waals surface area contributed by atoms with Gasteiger partial charge in [-0.05, 0) is 34.2 Å². The summed E-state index contributed by atoms with van der Waals surface area (Å²) in [6.45, 7) is 0. The van der Waals surface area contributed by atoms with Gasteiger partial charge in [0.25, 0.3) is 5.69 Å². The molecule has 3 heterocycles. The summed E-state index contributed by atoms with van der Waals surface area (Å²) in [7, 11) is 0. The van der Waals surface area contributed by atoms with Crippen LogP contribution in [-0.4, -0.2) is 25.1 Å². The number of thiophene rings is 1. The minimum absolute atomic E-state index is 0.0290. The Labute approximate surface area is 155 Å². The molecule has 0 radical (unpaired) electrons. The molecule has 0 amide bonds. The van der Waals surface area contributed by atoms with Gasteiger partial charge in [-0.25, -0.2) is 0 Å². The molecule has 1 aliphatic heterocycles. The van der Waals surface area contributed by atoms with Crippen molar-refractivity contribution in [2.75, 3.05) is 5.32 Å². The smallest absolute Gasteiger partial charge is 0.269 e. The van der Waals surface area contributed by atoms with Crippen LogP contribution in [0.15, 0.2) is 42.5 Å². The molecule has 5 rings (SSSR count). The Bertz CT molecular complexity index is 1190. The minimum atomic E-state index is -0.406. The molecule has 1 N–H and O–H groups in total. The van der Waals surface area contributed by atoms with Crippen molar-refractivity contribution in [1.29, 1.82) is 0 Å². The Morgan fingerprint density at radius 1 is 1.27 bits per heavy atom. The molecule has 1 aliphatic rings. The van der Waals surface area contributed by atoms with Gasteiger partial charge in [-0.15, -0.1) is 11.3 Å². The van der Waals surface area contributed by atoms with Gasteiger partial charge < -0.3 is 5.32 Å². The van der Waals surface area contributed by atoms with Gasteiger partial charge in [0.1, 0.15) is 6.04 Å². The Hall–Kier alpha value is -3.04. The molecule has 1 unspecified atom stereocenters. The molecule has 128 valence electrons. The van der Waals surface area contributed by atoms with E-state index in [0.29, 0.717) is 11.0 Å². The van der Waals surface area contributed by atoms with Crippen LogP contribution in [-0.2, 0) is 0 Å².